The number of aryl methyl sites for hydroxylation is 1. The largest absolute Gasteiger partial charge is 0.491 e. The molecule has 4 aromatic rings. The number of carbonyl (C=O) groups excluding carboxylic acids is 1. The molecule has 186 valence electrons. The molecule has 5 rings (SSSR count). The number of benzene rings is 2. The first-order chi connectivity index (χ1) is 17.9. The Morgan fingerprint density at radius 2 is 1.95 bits per heavy atom. The smallest absolute Gasteiger partial charge is 0.258 e. The second-order valence-electron chi connectivity index (χ2n) is 9.20. The van der Waals surface area contributed by atoms with Crippen molar-refractivity contribution in [1.29, 1.82) is 5.26 Å². The van der Waals surface area contributed by atoms with Gasteiger partial charge in [0.05, 0.1) is 28.4 Å². The summed E-state index contributed by atoms with van der Waals surface area (Å²) in [4.78, 5) is 19.5. The van der Waals surface area contributed by atoms with Crippen LogP contribution in [0.1, 0.15) is 53.1 Å². The van der Waals surface area contributed by atoms with Crippen LogP contribution in [0.15, 0.2) is 54.6 Å². The molecule has 0 aliphatic heterocycles. The lowest BCUT2D eigenvalue weighted by atomic mass is 9.96. The zero-order valence-electron chi connectivity index (χ0n) is 20.6. The number of para-hydroxylation sites is 1. The van der Waals surface area contributed by atoms with Gasteiger partial charge in [-0.2, -0.15) is 5.26 Å². The van der Waals surface area contributed by atoms with Crippen LogP contribution in [-0.2, 0) is 12.8 Å². The highest BCUT2D eigenvalue weighted by Gasteiger charge is 2.22. The first kappa shape index (κ1) is 24.9. The van der Waals surface area contributed by atoms with E-state index in [4.69, 9.17) is 21.9 Å². The summed E-state index contributed by atoms with van der Waals surface area (Å²) in [5.41, 5.74) is 4.43. The zero-order chi connectivity index (χ0) is 25.9. The molecule has 1 amide bonds. The van der Waals surface area contributed by atoms with Crippen molar-refractivity contribution in [2.24, 2.45) is 0 Å². The van der Waals surface area contributed by atoms with E-state index in [0.717, 1.165) is 47.9 Å². The molecule has 0 unspecified atom stereocenters. The first-order valence-corrected chi connectivity index (χ1v) is 13.5. The highest BCUT2D eigenvalue weighted by molar-refractivity contribution is 7.80. The van der Waals surface area contributed by atoms with Gasteiger partial charge in [-0.3, -0.25) is 10.1 Å². The summed E-state index contributed by atoms with van der Waals surface area (Å²) in [6.07, 6.45) is 4.14. The average molecular weight is 527 g/mol. The van der Waals surface area contributed by atoms with Crippen LogP contribution in [0.3, 0.4) is 0 Å². The monoisotopic (exact) mass is 526 g/mol. The summed E-state index contributed by atoms with van der Waals surface area (Å²) in [6.45, 7) is 3.95. The van der Waals surface area contributed by atoms with Crippen LogP contribution in [0, 0.1) is 11.3 Å². The van der Waals surface area contributed by atoms with Crippen molar-refractivity contribution in [1.82, 2.24) is 10.3 Å². The minimum absolute atomic E-state index is 0.0464. The number of anilines is 1. The fourth-order valence-corrected chi connectivity index (χ4v) is 6.09. The summed E-state index contributed by atoms with van der Waals surface area (Å²) in [5.74, 6) is 0.401. The molecule has 2 N–H and O–H groups in total. The maximum Gasteiger partial charge on any atom is 0.258 e. The van der Waals surface area contributed by atoms with Crippen molar-refractivity contribution in [3.63, 3.8) is 0 Å². The third-order valence-electron chi connectivity index (χ3n) is 6.20. The summed E-state index contributed by atoms with van der Waals surface area (Å²) in [5, 5.41) is 17.2. The van der Waals surface area contributed by atoms with E-state index < -0.39 is 0 Å². The van der Waals surface area contributed by atoms with E-state index in [2.05, 4.69) is 16.7 Å². The molecule has 0 radical (unpaired) electrons. The number of pyridine rings is 1. The second kappa shape index (κ2) is 10.7. The van der Waals surface area contributed by atoms with Crippen molar-refractivity contribution in [2.75, 3.05) is 5.32 Å². The number of thiocarbonyl (C=S) groups is 1. The molecule has 0 bridgehead atoms. The molecule has 8 heteroatoms. The normalized spacial score (nSPS) is 12.6. The van der Waals surface area contributed by atoms with Crippen molar-refractivity contribution in [2.45, 2.75) is 45.6 Å². The summed E-state index contributed by atoms with van der Waals surface area (Å²) < 4.78 is 5.85. The highest BCUT2D eigenvalue weighted by Crippen LogP contribution is 2.37. The Labute approximate surface area is 225 Å². The van der Waals surface area contributed by atoms with Gasteiger partial charge < -0.3 is 10.1 Å². The van der Waals surface area contributed by atoms with Gasteiger partial charge in [0.2, 0.25) is 0 Å². The number of nitriles is 1. The molecule has 0 saturated carbocycles. The number of amides is 1. The Hall–Kier alpha value is -3.80. The number of fused-ring (bicyclic) bond motifs is 2. The fourth-order valence-electron chi connectivity index (χ4n) is 4.59. The molecule has 2 aromatic carbocycles. The van der Waals surface area contributed by atoms with Crippen molar-refractivity contribution < 1.29 is 9.53 Å². The van der Waals surface area contributed by atoms with Crippen LogP contribution >= 0.6 is 23.6 Å². The van der Waals surface area contributed by atoms with Crippen LogP contribution in [0.5, 0.6) is 5.75 Å². The second-order valence-corrected chi connectivity index (χ2v) is 10.7. The Morgan fingerprint density at radius 1 is 1.14 bits per heavy atom. The topological polar surface area (TPSA) is 87.0 Å². The molecule has 37 heavy (non-hydrogen) atoms. The van der Waals surface area contributed by atoms with Crippen molar-refractivity contribution in [3.05, 3.63) is 76.2 Å². The van der Waals surface area contributed by atoms with Gasteiger partial charge in [0.25, 0.3) is 5.91 Å². The van der Waals surface area contributed by atoms with Crippen LogP contribution in [0.25, 0.3) is 22.2 Å². The van der Waals surface area contributed by atoms with Gasteiger partial charge in [0.15, 0.2) is 5.11 Å². The fraction of sp³-hybridized carbons (Fsp3) is 0.241. The number of thiophene rings is 1. The van der Waals surface area contributed by atoms with Crippen LogP contribution in [-0.4, -0.2) is 22.1 Å². The standard InChI is InChI=1S/C29H26N4O2S2/c1-17(2)35-19-9-7-8-18(14-19)25-15-22(20-10-3-5-12-24(20)31-25)27(34)32-29(36)33-28-23(16-30)21-11-4-6-13-26(21)37-28/h3,5,7-10,12,14-15,17H,4,6,11,13H2,1-2H3,(H2,32,33,34,36). The lowest BCUT2D eigenvalue weighted by Crippen LogP contribution is -2.34. The van der Waals surface area contributed by atoms with E-state index in [1.807, 2.05) is 62.4 Å². The third kappa shape index (κ3) is 5.33. The number of hydrogen-bond acceptors (Lipinski definition) is 6. The minimum Gasteiger partial charge on any atom is -0.491 e. The van der Waals surface area contributed by atoms with Gasteiger partial charge in [-0.25, -0.2) is 4.98 Å². The number of carbonyl (C=O) groups is 1. The van der Waals surface area contributed by atoms with E-state index in [0.29, 0.717) is 27.3 Å². The van der Waals surface area contributed by atoms with Crippen LogP contribution in [0.4, 0.5) is 5.00 Å². The van der Waals surface area contributed by atoms with E-state index >= 15 is 0 Å². The molecule has 6 nitrogen and oxygen atoms in total. The van der Waals surface area contributed by atoms with Crippen LogP contribution < -0.4 is 15.4 Å². The lowest BCUT2D eigenvalue weighted by molar-refractivity contribution is 0.0979. The van der Waals surface area contributed by atoms with Gasteiger partial charge >= 0.3 is 0 Å². The lowest BCUT2D eigenvalue weighted by Gasteiger charge is -2.13. The Balaban J connectivity index is 1.43. The molecular weight excluding hydrogens is 500 g/mol. The quantitative estimate of drug-likeness (QED) is 0.284. The predicted octanol–water partition coefficient (Wildman–Crippen LogP) is 6.63. The minimum atomic E-state index is -0.341. The molecule has 2 heterocycles. The molecule has 0 fully saturated rings. The van der Waals surface area contributed by atoms with Gasteiger partial charge in [0.1, 0.15) is 16.8 Å². The third-order valence-corrected chi connectivity index (χ3v) is 7.61. The molecule has 0 spiro atoms. The Bertz CT molecular complexity index is 1550. The van der Waals surface area contributed by atoms with E-state index in [-0.39, 0.29) is 17.1 Å². The number of aromatic nitrogens is 1. The maximum atomic E-state index is 13.5. The summed E-state index contributed by atoms with van der Waals surface area (Å²) in [7, 11) is 0. The average Bonchev–Trinajstić information content (AvgIpc) is 3.24. The van der Waals surface area contributed by atoms with Gasteiger partial charge in [-0.1, -0.05) is 30.3 Å². The number of rotatable bonds is 5. The van der Waals surface area contributed by atoms with E-state index in [1.165, 1.54) is 4.88 Å². The molecule has 0 saturated heterocycles. The number of nitrogens with zero attached hydrogens (tertiary/aromatic N) is 2. The summed E-state index contributed by atoms with van der Waals surface area (Å²) >= 11 is 7.04. The first-order valence-electron chi connectivity index (χ1n) is 12.3. The predicted molar refractivity (Wildman–Crippen MR) is 152 cm³/mol. The van der Waals surface area contributed by atoms with E-state index in [1.54, 1.807) is 17.4 Å². The Morgan fingerprint density at radius 3 is 2.76 bits per heavy atom. The van der Waals surface area contributed by atoms with Gasteiger partial charge in [-0.15, -0.1) is 11.3 Å². The van der Waals surface area contributed by atoms with Crippen molar-refractivity contribution >= 4 is 50.5 Å². The van der Waals surface area contributed by atoms with Gasteiger partial charge in [0, 0.05) is 15.8 Å². The molecule has 0 atom stereocenters. The SMILES string of the molecule is CC(C)Oc1cccc(-c2cc(C(=O)NC(=S)Nc3sc4c(c3C#N)CCCC4)c3ccccc3n2)c1. The van der Waals surface area contributed by atoms with Crippen LogP contribution in [0.2, 0.25) is 0 Å². The number of hydrogen-bond donors (Lipinski definition) is 2. The molecule has 1 aliphatic rings. The van der Waals surface area contributed by atoms with Gasteiger partial charge in [-0.05, 0) is 81.6 Å². The van der Waals surface area contributed by atoms with E-state index in [9.17, 15) is 10.1 Å². The summed E-state index contributed by atoms with van der Waals surface area (Å²) in [6, 6.07) is 19.3. The molecule has 2 aromatic heterocycles. The zero-order valence-corrected chi connectivity index (χ0v) is 22.3. The molecular formula is C29H26N4O2S2. The molecule has 1 aliphatic carbocycles. The maximum absolute atomic E-state index is 13.5. The Kier molecular flexibility index (Phi) is 7.17. The number of nitrogens with one attached hydrogen (secondary N) is 2. The van der Waals surface area contributed by atoms with Crippen molar-refractivity contribution in [3.8, 4) is 23.1 Å². The number of ether oxygens (including phenoxy) is 1. The highest BCUT2D eigenvalue weighted by atomic mass is 32.1.